The van der Waals surface area contributed by atoms with Crippen LogP contribution < -0.4 is 0 Å². The van der Waals surface area contributed by atoms with Gasteiger partial charge in [0.1, 0.15) is 0 Å². The molecule has 0 spiro atoms. The van der Waals surface area contributed by atoms with Gasteiger partial charge in [0.05, 0.1) is 17.7 Å². The summed E-state index contributed by atoms with van der Waals surface area (Å²) in [7, 11) is 0. The Bertz CT molecular complexity index is 715. The van der Waals surface area contributed by atoms with E-state index in [0.717, 1.165) is 41.8 Å². The van der Waals surface area contributed by atoms with E-state index >= 15 is 0 Å². The number of carbonyl (C=O) groups is 1. The van der Waals surface area contributed by atoms with E-state index in [-0.39, 0.29) is 12.0 Å². The van der Waals surface area contributed by atoms with Gasteiger partial charge in [0, 0.05) is 25.1 Å². The number of hydrogen-bond donors (Lipinski definition) is 1. The maximum absolute atomic E-state index is 11.5. The predicted molar refractivity (Wildman–Crippen MR) is 91.7 cm³/mol. The average Bonchev–Trinajstić information content (AvgIpc) is 2.59. The van der Waals surface area contributed by atoms with E-state index in [4.69, 9.17) is 0 Å². The summed E-state index contributed by atoms with van der Waals surface area (Å²) in [6.07, 6.45) is 7.16. The van der Waals surface area contributed by atoms with Crippen LogP contribution in [0.2, 0.25) is 0 Å². The second-order valence-electron chi connectivity index (χ2n) is 6.57. The van der Waals surface area contributed by atoms with Gasteiger partial charge in [-0.1, -0.05) is 6.07 Å². The summed E-state index contributed by atoms with van der Waals surface area (Å²) in [5, 5.41) is 9.42. The van der Waals surface area contributed by atoms with Crippen LogP contribution in [0.1, 0.15) is 41.3 Å². The van der Waals surface area contributed by atoms with Gasteiger partial charge in [0.2, 0.25) is 0 Å². The first-order valence-electron chi connectivity index (χ1n) is 8.36. The molecule has 1 N–H and O–H groups in total. The highest BCUT2D eigenvalue weighted by molar-refractivity contribution is 5.70. The second kappa shape index (κ2) is 7.09. The zero-order valence-electron chi connectivity index (χ0n) is 14.1. The van der Waals surface area contributed by atoms with Crippen LogP contribution in [-0.2, 0) is 4.79 Å². The molecule has 0 aromatic carbocycles. The highest BCUT2D eigenvalue weighted by atomic mass is 16.4. The Morgan fingerprint density at radius 3 is 2.79 bits per heavy atom. The zero-order chi connectivity index (χ0) is 17.1. The van der Waals surface area contributed by atoms with Crippen LogP contribution in [0.5, 0.6) is 0 Å². The van der Waals surface area contributed by atoms with E-state index in [1.54, 1.807) is 6.20 Å². The molecule has 0 bridgehead atoms. The summed E-state index contributed by atoms with van der Waals surface area (Å²) in [5.41, 5.74) is 4.32. The molecule has 24 heavy (non-hydrogen) atoms. The number of piperidine rings is 1. The van der Waals surface area contributed by atoms with Crippen LogP contribution >= 0.6 is 0 Å². The summed E-state index contributed by atoms with van der Waals surface area (Å²) >= 11 is 0. The van der Waals surface area contributed by atoms with E-state index in [1.165, 1.54) is 0 Å². The third-order valence-electron chi connectivity index (χ3n) is 4.74. The summed E-state index contributed by atoms with van der Waals surface area (Å²) in [5.74, 6) is -1.02. The van der Waals surface area contributed by atoms with E-state index in [9.17, 15) is 9.90 Å². The first-order chi connectivity index (χ1) is 11.6. The summed E-state index contributed by atoms with van der Waals surface area (Å²) < 4.78 is 0. The van der Waals surface area contributed by atoms with Gasteiger partial charge in [-0.05, 0) is 62.1 Å². The zero-order valence-corrected chi connectivity index (χ0v) is 14.1. The van der Waals surface area contributed by atoms with Crippen molar-refractivity contribution < 1.29 is 9.90 Å². The third-order valence-corrected chi connectivity index (χ3v) is 4.74. The fourth-order valence-corrected chi connectivity index (χ4v) is 3.42. The highest BCUT2D eigenvalue weighted by Crippen LogP contribution is 2.33. The predicted octanol–water partition coefficient (Wildman–Crippen LogP) is 2.98. The molecular formula is C19H23N3O2. The molecule has 1 aliphatic heterocycles. The monoisotopic (exact) mass is 325 g/mol. The van der Waals surface area contributed by atoms with E-state index in [0.29, 0.717) is 6.54 Å². The topological polar surface area (TPSA) is 66.3 Å². The number of pyridine rings is 2. The lowest BCUT2D eigenvalue weighted by Crippen LogP contribution is -2.41. The molecule has 5 heteroatoms. The molecular weight excluding hydrogens is 302 g/mol. The largest absolute Gasteiger partial charge is 0.481 e. The fourth-order valence-electron chi connectivity index (χ4n) is 3.42. The Hall–Kier alpha value is -2.27. The lowest BCUT2D eigenvalue weighted by Gasteiger charge is -2.37. The molecule has 3 heterocycles. The lowest BCUT2D eigenvalue weighted by molar-refractivity contribution is -0.143. The molecule has 1 fully saturated rings. The average molecular weight is 325 g/mol. The van der Waals surface area contributed by atoms with E-state index in [1.807, 2.05) is 38.4 Å². The first-order valence-corrected chi connectivity index (χ1v) is 8.36. The van der Waals surface area contributed by atoms with Crippen LogP contribution in [0.25, 0.3) is 0 Å². The Morgan fingerprint density at radius 2 is 2.12 bits per heavy atom. The van der Waals surface area contributed by atoms with Crippen molar-refractivity contribution in [2.24, 2.45) is 5.92 Å². The Morgan fingerprint density at radius 1 is 1.29 bits per heavy atom. The van der Waals surface area contributed by atoms with Gasteiger partial charge in [-0.25, -0.2) is 0 Å². The molecule has 2 aromatic rings. The number of aromatic nitrogens is 2. The van der Waals surface area contributed by atoms with Crippen LogP contribution in [0, 0.1) is 19.8 Å². The number of rotatable bonds is 4. The molecule has 0 aliphatic carbocycles. The van der Waals surface area contributed by atoms with Crippen molar-refractivity contribution in [3.8, 4) is 0 Å². The van der Waals surface area contributed by atoms with Crippen molar-refractivity contribution in [3.05, 3.63) is 59.2 Å². The summed E-state index contributed by atoms with van der Waals surface area (Å²) in [4.78, 5) is 22.5. The number of nitrogens with zero attached hydrogens (tertiary/aromatic N) is 3. The minimum absolute atomic E-state index is 0.0317. The molecule has 126 valence electrons. The maximum Gasteiger partial charge on any atom is 0.307 e. The summed E-state index contributed by atoms with van der Waals surface area (Å²) in [6, 6.07) is 6.09. The molecule has 0 amide bonds. The van der Waals surface area contributed by atoms with Gasteiger partial charge in [0.25, 0.3) is 0 Å². The molecule has 2 aromatic heterocycles. The third kappa shape index (κ3) is 3.46. The minimum atomic E-state index is -0.707. The number of likely N-dealkylation sites (tertiary alicyclic amines) is 1. The van der Waals surface area contributed by atoms with Gasteiger partial charge >= 0.3 is 5.97 Å². The van der Waals surface area contributed by atoms with Crippen molar-refractivity contribution >= 4 is 5.97 Å². The highest BCUT2D eigenvalue weighted by Gasteiger charge is 2.32. The van der Waals surface area contributed by atoms with Crippen molar-refractivity contribution in [1.29, 1.82) is 0 Å². The fraction of sp³-hybridized carbons (Fsp3) is 0.421. The lowest BCUT2D eigenvalue weighted by atomic mass is 9.92. The number of carboxylic acids is 1. The standard InChI is InChI=1S/C19H23N3O2/c1-13-5-6-17(21-10-13)18(16-7-8-20-11-14(16)2)22-9-3-4-15(12-22)19(23)24/h5-8,10-11,15,18H,3-4,9,12H2,1-2H3,(H,23,24). The molecule has 2 unspecified atom stereocenters. The quantitative estimate of drug-likeness (QED) is 0.936. The normalized spacial score (nSPS) is 19.8. The summed E-state index contributed by atoms with van der Waals surface area (Å²) in [6.45, 7) is 5.50. The minimum Gasteiger partial charge on any atom is -0.481 e. The van der Waals surface area contributed by atoms with Gasteiger partial charge in [-0.15, -0.1) is 0 Å². The van der Waals surface area contributed by atoms with Crippen molar-refractivity contribution in [1.82, 2.24) is 14.9 Å². The van der Waals surface area contributed by atoms with Gasteiger partial charge in [-0.2, -0.15) is 0 Å². The molecule has 1 aliphatic rings. The SMILES string of the molecule is Cc1ccc(C(c2ccncc2C)N2CCCC(C(=O)O)C2)nc1. The van der Waals surface area contributed by atoms with E-state index < -0.39 is 5.97 Å². The number of aliphatic carboxylic acids is 1. The Labute approximate surface area is 142 Å². The van der Waals surface area contributed by atoms with Gasteiger partial charge in [-0.3, -0.25) is 19.7 Å². The molecule has 2 atom stereocenters. The van der Waals surface area contributed by atoms with Gasteiger partial charge < -0.3 is 5.11 Å². The van der Waals surface area contributed by atoms with E-state index in [2.05, 4.69) is 20.9 Å². The molecule has 3 rings (SSSR count). The Balaban J connectivity index is 2.00. The molecule has 1 saturated heterocycles. The number of aryl methyl sites for hydroxylation is 2. The maximum atomic E-state index is 11.5. The van der Waals surface area contributed by atoms with Crippen LogP contribution in [-0.4, -0.2) is 39.0 Å². The first kappa shape index (κ1) is 16.6. The van der Waals surface area contributed by atoms with Crippen LogP contribution in [0.4, 0.5) is 0 Å². The second-order valence-corrected chi connectivity index (χ2v) is 6.57. The van der Waals surface area contributed by atoms with Gasteiger partial charge in [0.15, 0.2) is 0 Å². The number of carboxylic acid groups (broad SMARTS) is 1. The number of hydrogen-bond acceptors (Lipinski definition) is 4. The van der Waals surface area contributed by atoms with Crippen LogP contribution in [0.3, 0.4) is 0 Å². The molecule has 0 saturated carbocycles. The smallest absolute Gasteiger partial charge is 0.307 e. The van der Waals surface area contributed by atoms with Crippen molar-refractivity contribution in [3.63, 3.8) is 0 Å². The van der Waals surface area contributed by atoms with Crippen molar-refractivity contribution in [2.45, 2.75) is 32.7 Å². The van der Waals surface area contributed by atoms with Crippen molar-refractivity contribution in [2.75, 3.05) is 13.1 Å². The molecule has 0 radical (unpaired) electrons. The molecule has 5 nitrogen and oxygen atoms in total. The Kier molecular flexibility index (Phi) is 4.90. The van der Waals surface area contributed by atoms with Crippen LogP contribution in [0.15, 0.2) is 36.8 Å².